The van der Waals surface area contributed by atoms with Gasteiger partial charge in [0.25, 0.3) is 0 Å². The number of carbonyl (C=O) groups is 1. The van der Waals surface area contributed by atoms with Crippen LogP contribution in [-0.4, -0.2) is 5.91 Å². The van der Waals surface area contributed by atoms with Gasteiger partial charge in [0.15, 0.2) is 0 Å². The van der Waals surface area contributed by atoms with E-state index in [1.165, 1.54) is 5.56 Å². The van der Waals surface area contributed by atoms with Crippen LogP contribution in [0.2, 0.25) is 0 Å². The molecule has 0 fully saturated rings. The highest BCUT2D eigenvalue weighted by molar-refractivity contribution is 5.76. The molecule has 0 unspecified atom stereocenters. The van der Waals surface area contributed by atoms with Crippen LogP contribution in [-0.2, 0) is 17.8 Å². The number of nitrogen functional groups attached to an aromatic ring is 1. The molecule has 0 aliphatic carbocycles. The molecule has 98 valence electrons. The van der Waals surface area contributed by atoms with Gasteiger partial charge in [0.05, 0.1) is 0 Å². The standard InChI is InChI=1S/C16H18N2O/c17-15-9-5-4-8-14(15)12-18-16(19)11-10-13-6-2-1-3-7-13/h1-9H,10-12,17H2,(H,18,19). The largest absolute Gasteiger partial charge is 0.398 e. The fourth-order valence-corrected chi connectivity index (χ4v) is 1.88. The third-order valence-corrected chi connectivity index (χ3v) is 3.01. The van der Waals surface area contributed by atoms with Crippen molar-refractivity contribution in [3.05, 3.63) is 65.7 Å². The summed E-state index contributed by atoms with van der Waals surface area (Å²) in [4.78, 5) is 11.7. The van der Waals surface area contributed by atoms with Gasteiger partial charge in [-0.25, -0.2) is 0 Å². The molecule has 3 heteroatoms. The van der Waals surface area contributed by atoms with Crippen molar-refractivity contribution in [2.45, 2.75) is 19.4 Å². The number of anilines is 1. The quantitative estimate of drug-likeness (QED) is 0.805. The van der Waals surface area contributed by atoms with Crippen molar-refractivity contribution in [1.29, 1.82) is 0 Å². The summed E-state index contributed by atoms with van der Waals surface area (Å²) in [5.41, 5.74) is 8.67. The Morgan fingerprint density at radius 3 is 2.42 bits per heavy atom. The van der Waals surface area contributed by atoms with E-state index in [1.54, 1.807) is 0 Å². The maximum Gasteiger partial charge on any atom is 0.220 e. The number of nitrogens with one attached hydrogen (secondary N) is 1. The Bertz CT molecular complexity index is 537. The zero-order valence-corrected chi connectivity index (χ0v) is 10.8. The second-order valence-electron chi connectivity index (χ2n) is 4.46. The first-order chi connectivity index (χ1) is 9.25. The van der Waals surface area contributed by atoms with Crippen LogP contribution in [0.25, 0.3) is 0 Å². The number of carbonyl (C=O) groups excluding carboxylic acids is 1. The summed E-state index contributed by atoms with van der Waals surface area (Å²) in [7, 11) is 0. The molecule has 0 aliphatic heterocycles. The molecular formula is C16H18N2O. The van der Waals surface area contributed by atoms with Gasteiger partial charge in [-0.3, -0.25) is 4.79 Å². The Kier molecular flexibility index (Phi) is 4.56. The van der Waals surface area contributed by atoms with E-state index in [4.69, 9.17) is 5.73 Å². The lowest BCUT2D eigenvalue weighted by molar-refractivity contribution is -0.121. The first-order valence-electron chi connectivity index (χ1n) is 6.40. The number of rotatable bonds is 5. The third kappa shape index (κ3) is 4.14. The van der Waals surface area contributed by atoms with Gasteiger partial charge in [-0.2, -0.15) is 0 Å². The molecule has 3 nitrogen and oxygen atoms in total. The Morgan fingerprint density at radius 2 is 1.68 bits per heavy atom. The van der Waals surface area contributed by atoms with Crippen LogP contribution in [0.3, 0.4) is 0 Å². The number of hydrogen-bond donors (Lipinski definition) is 2. The zero-order chi connectivity index (χ0) is 13.5. The summed E-state index contributed by atoms with van der Waals surface area (Å²) in [6.07, 6.45) is 1.26. The van der Waals surface area contributed by atoms with Gasteiger partial charge in [-0.05, 0) is 23.6 Å². The molecule has 1 amide bonds. The fourth-order valence-electron chi connectivity index (χ4n) is 1.88. The first kappa shape index (κ1) is 13.1. The molecule has 3 N–H and O–H groups in total. The average Bonchev–Trinajstić information content (AvgIpc) is 2.45. The average molecular weight is 254 g/mol. The number of para-hydroxylation sites is 1. The van der Waals surface area contributed by atoms with Gasteiger partial charge in [0, 0.05) is 18.7 Å². The van der Waals surface area contributed by atoms with E-state index in [-0.39, 0.29) is 5.91 Å². The second kappa shape index (κ2) is 6.59. The summed E-state index contributed by atoms with van der Waals surface area (Å²) in [6.45, 7) is 0.486. The van der Waals surface area contributed by atoms with Crippen molar-refractivity contribution in [2.24, 2.45) is 0 Å². The molecule has 0 spiro atoms. The fraction of sp³-hybridized carbons (Fsp3) is 0.188. The monoisotopic (exact) mass is 254 g/mol. The number of nitrogens with two attached hydrogens (primary N) is 1. The minimum Gasteiger partial charge on any atom is -0.398 e. The van der Waals surface area contributed by atoms with E-state index in [1.807, 2.05) is 54.6 Å². The second-order valence-corrected chi connectivity index (χ2v) is 4.46. The predicted molar refractivity (Wildman–Crippen MR) is 77.5 cm³/mol. The molecule has 0 aliphatic rings. The smallest absolute Gasteiger partial charge is 0.220 e. The number of aryl methyl sites for hydroxylation is 1. The molecule has 2 aromatic rings. The van der Waals surface area contributed by atoms with Gasteiger partial charge in [0.2, 0.25) is 5.91 Å². The molecule has 0 saturated heterocycles. The van der Waals surface area contributed by atoms with Crippen LogP contribution < -0.4 is 11.1 Å². The van der Waals surface area contributed by atoms with Gasteiger partial charge in [-0.1, -0.05) is 48.5 Å². The van der Waals surface area contributed by atoms with Crippen LogP contribution in [0.1, 0.15) is 17.5 Å². The van der Waals surface area contributed by atoms with Crippen LogP contribution in [0.15, 0.2) is 54.6 Å². The molecule has 2 aromatic carbocycles. The lowest BCUT2D eigenvalue weighted by Crippen LogP contribution is -2.23. The van der Waals surface area contributed by atoms with Gasteiger partial charge in [-0.15, -0.1) is 0 Å². The van der Waals surface area contributed by atoms with Crippen molar-refractivity contribution in [1.82, 2.24) is 5.32 Å². The van der Waals surface area contributed by atoms with Crippen molar-refractivity contribution in [2.75, 3.05) is 5.73 Å². The summed E-state index contributed by atoms with van der Waals surface area (Å²) < 4.78 is 0. The molecule has 19 heavy (non-hydrogen) atoms. The van der Waals surface area contributed by atoms with Gasteiger partial charge in [0.1, 0.15) is 0 Å². The van der Waals surface area contributed by atoms with Crippen molar-refractivity contribution in [3.63, 3.8) is 0 Å². The van der Waals surface area contributed by atoms with E-state index in [9.17, 15) is 4.79 Å². The molecule has 2 rings (SSSR count). The number of benzene rings is 2. The Labute approximate surface area is 113 Å². The molecule has 0 radical (unpaired) electrons. The molecule has 0 atom stereocenters. The molecule has 0 bridgehead atoms. The summed E-state index contributed by atoms with van der Waals surface area (Å²) >= 11 is 0. The van der Waals surface area contributed by atoms with Crippen LogP contribution in [0, 0.1) is 0 Å². The Hall–Kier alpha value is -2.29. The lowest BCUT2D eigenvalue weighted by atomic mass is 10.1. The third-order valence-electron chi connectivity index (χ3n) is 3.01. The highest BCUT2D eigenvalue weighted by Crippen LogP contribution is 2.10. The summed E-state index contributed by atoms with van der Waals surface area (Å²) in [6, 6.07) is 17.6. The summed E-state index contributed by atoms with van der Waals surface area (Å²) in [5, 5.41) is 2.89. The minimum atomic E-state index is 0.0482. The maximum atomic E-state index is 11.7. The van der Waals surface area contributed by atoms with Crippen molar-refractivity contribution >= 4 is 11.6 Å². The highest BCUT2D eigenvalue weighted by Gasteiger charge is 2.03. The Morgan fingerprint density at radius 1 is 1.00 bits per heavy atom. The maximum absolute atomic E-state index is 11.7. The summed E-state index contributed by atoms with van der Waals surface area (Å²) in [5.74, 6) is 0.0482. The normalized spacial score (nSPS) is 10.1. The SMILES string of the molecule is Nc1ccccc1CNC(=O)CCc1ccccc1. The molecule has 0 aromatic heterocycles. The zero-order valence-electron chi connectivity index (χ0n) is 10.8. The van der Waals surface area contributed by atoms with E-state index in [0.717, 1.165) is 12.0 Å². The van der Waals surface area contributed by atoms with Crippen LogP contribution >= 0.6 is 0 Å². The lowest BCUT2D eigenvalue weighted by Gasteiger charge is -2.07. The molecule has 0 saturated carbocycles. The molecule has 0 heterocycles. The molecular weight excluding hydrogens is 236 g/mol. The van der Waals surface area contributed by atoms with E-state index < -0.39 is 0 Å². The van der Waals surface area contributed by atoms with E-state index >= 15 is 0 Å². The van der Waals surface area contributed by atoms with Crippen molar-refractivity contribution < 1.29 is 4.79 Å². The van der Waals surface area contributed by atoms with Gasteiger partial charge >= 0.3 is 0 Å². The predicted octanol–water partition coefficient (Wildman–Crippen LogP) is 2.52. The van der Waals surface area contributed by atoms with E-state index in [0.29, 0.717) is 18.7 Å². The Balaban J connectivity index is 1.78. The topological polar surface area (TPSA) is 55.1 Å². The van der Waals surface area contributed by atoms with E-state index in [2.05, 4.69) is 5.32 Å². The first-order valence-corrected chi connectivity index (χ1v) is 6.40. The van der Waals surface area contributed by atoms with Gasteiger partial charge < -0.3 is 11.1 Å². The number of amides is 1. The number of hydrogen-bond acceptors (Lipinski definition) is 2. The van der Waals surface area contributed by atoms with Crippen molar-refractivity contribution in [3.8, 4) is 0 Å². The minimum absolute atomic E-state index is 0.0482. The highest BCUT2D eigenvalue weighted by atomic mass is 16.1. The van der Waals surface area contributed by atoms with Crippen LogP contribution in [0.5, 0.6) is 0 Å². The van der Waals surface area contributed by atoms with Crippen LogP contribution in [0.4, 0.5) is 5.69 Å².